The third-order valence-electron chi connectivity index (χ3n) is 3.96. The van der Waals surface area contributed by atoms with E-state index in [1.54, 1.807) is 20.0 Å². The minimum atomic E-state index is -0.717. The van der Waals surface area contributed by atoms with Gasteiger partial charge in [0, 0.05) is 7.05 Å². The number of nitrogens with zero attached hydrogens (tertiary/aromatic N) is 1. The molecule has 24 heavy (non-hydrogen) atoms. The van der Waals surface area contributed by atoms with E-state index >= 15 is 0 Å². The monoisotopic (exact) mass is 327 g/mol. The van der Waals surface area contributed by atoms with Crippen molar-refractivity contribution >= 4 is 11.9 Å². The molecule has 0 unspecified atom stereocenters. The molecule has 0 saturated heterocycles. The highest BCUT2D eigenvalue weighted by Crippen LogP contribution is 2.20. The van der Waals surface area contributed by atoms with Crippen molar-refractivity contribution in [2.45, 2.75) is 19.9 Å². The first-order valence-corrected chi connectivity index (χ1v) is 7.67. The maximum Gasteiger partial charge on any atom is 0.342 e. The zero-order valence-electron chi connectivity index (χ0n) is 14.0. The number of phenols is 1. The molecular formula is C19H21NO4. The van der Waals surface area contributed by atoms with E-state index in [1.807, 2.05) is 37.3 Å². The Kier molecular flexibility index (Phi) is 5.58. The first-order chi connectivity index (χ1) is 11.4. The van der Waals surface area contributed by atoms with Crippen molar-refractivity contribution in [1.29, 1.82) is 0 Å². The van der Waals surface area contributed by atoms with Crippen LogP contribution in [-0.2, 0) is 9.53 Å². The lowest BCUT2D eigenvalue weighted by molar-refractivity contribution is -0.135. The summed E-state index contributed by atoms with van der Waals surface area (Å²) in [6, 6.07) is 14.1. The van der Waals surface area contributed by atoms with Crippen LogP contribution in [0.15, 0.2) is 48.5 Å². The van der Waals surface area contributed by atoms with E-state index in [2.05, 4.69) is 0 Å². The Balaban J connectivity index is 1.97. The summed E-state index contributed by atoms with van der Waals surface area (Å²) < 4.78 is 5.04. The van der Waals surface area contributed by atoms with Gasteiger partial charge in [-0.15, -0.1) is 0 Å². The van der Waals surface area contributed by atoms with Crippen LogP contribution in [0.1, 0.15) is 34.5 Å². The van der Waals surface area contributed by atoms with E-state index < -0.39 is 5.97 Å². The summed E-state index contributed by atoms with van der Waals surface area (Å²) in [4.78, 5) is 25.8. The van der Waals surface area contributed by atoms with Crippen molar-refractivity contribution in [3.8, 4) is 5.75 Å². The van der Waals surface area contributed by atoms with E-state index in [0.29, 0.717) is 0 Å². The molecule has 0 radical (unpaired) electrons. The second-order valence-electron chi connectivity index (χ2n) is 5.69. The smallest absolute Gasteiger partial charge is 0.342 e. The Morgan fingerprint density at radius 3 is 2.50 bits per heavy atom. The van der Waals surface area contributed by atoms with Gasteiger partial charge >= 0.3 is 5.97 Å². The summed E-state index contributed by atoms with van der Waals surface area (Å²) in [5, 5.41) is 9.72. The molecule has 1 atom stereocenters. The summed E-state index contributed by atoms with van der Waals surface area (Å²) in [6.07, 6.45) is 0. The Morgan fingerprint density at radius 1 is 1.17 bits per heavy atom. The summed E-state index contributed by atoms with van der Waals surface area (Å²) in [5.74, 6) is -1.19. The first kappa shape index (κ1) is 17.5. The van der Waals surface area contributed by atoms with Gasteiger partial charge in [-0.05, 0) is 31.5 Å². The molecule has 2 aromatic carbocycles. The van der Waals surface area contributed by atoms with Gasteiger partial charge in [0.1, 0.15) is 11.3 Å². The fraction of sp³-hybridized carbons (Fsp3) is 0.263. The van der Waals surface area contributed by atoms with Crippen LogP contribution in [0, 0.1) is 6.92 Å². The maximum absolute atomic E-state index is 12.2. The number of benzene rings is 2. The van der Waals surface area contributed by atoms with Crippen LogP contribution in [0.3, 0.4) is 0 Å². The number of aromatic hydroxyl groups is 1. The molecule has 2 rings (SSSR count). The van der Waals surface area contributed by atoms with Crippen LogP contribution in [-0.4, -0.2) is 35.5 Å². The van der Waals surface area contributed by atoms with Gasteiger partial charge in [0.2, 0.25) is 0 Å². The average Bonchev–Trinajstić information content (AvgIpc) is 2.60. The minimum absolute atomic E-state index is 0.0570. The molecule has 0 aliphatic carbocycles. The SMILES string of the molecule is Cc1ccc(O)c(C(=O)OCC(=O)N(C)[C@H](C)c2ccccc2)c1. The number of hydrogen-bond donors (Lipinski definition) is 1. The fourth-order valence-electron chi connectivity index (χ4n) is 2.29. The molecule has 0 aliphatic rings. The number of carbonyl (C=O) groups is 2. The highest BCUT2D eigenvalue weighted by Gasteiger charge is 2.20. The predicted octanol–water partition coefficient (Wildman–Crippen LogP) is 3.08. The fourth-order valence-corrected chi connectivity index (χ4v) is 2.29. The molecule has 0 saturated carbocycles. The largest absolute Gasteiger partial charge is 0.507 e. The Labute approximate surface area is 141 Å². The van der Waals surface area contributed by atoms with E-state index in [4.69, 9.17) is 4.74 Å². The summed E-state index contributed by atoms with van der Waals surface area (Å²) in [5.41, 5.74) is 1.87. The van der Waals surface area contributed by atoms with Gasteiger partial charge < -0.3 is 14.7 Å². The number of likely N-dealkylation sites (N-methyl/N-ethyl adjacent to an activating group) is 1. The standard InChI is InChI=1S/C19H21NO4/c1-13-9-10-17(21)16(11-13)19(23)24-12-18(22)20(3)14(2)15-7-5-4-6-8-15/h4-11,14,21H,12H2,1-3H3/t14-/m1/s1. The predicted molar refractivity (Wildman–Crippen MR) is 90.8 cm³/mol. The number of aryl methyl sites for hydroxylation is 1. The van der Waals surface area contributed by atoms with Gasteiger partial charge in [-0.2, -0.15) is 0 Å². The zero-order valence-corrected chi connectivity index (χ0v) is 14.0. The second-order valence-corrected chi connectivity index (χ2v) is 5.69. The van der Waals surface area contributed by atoms with Crippen LogP contribution < -0.4 is 0 Å². The van der Waals surface area contributed by atoms with Crippen molar-refractivity contribution in [3.05, 3.63) is 65.2 Å². The third kappa shape index (κ3) is 4.13. The lowest BCUT2D eigenvalue weighted by atomic mass is 10.1. The number of esters is 1. The Morgan fingerprint density at radius 2 is 1.83 bits per heavy atom. The number of rotatable bonds is 5. The molecular weight excluding hydrogens is 306 g/mol. The molecule has 1 N–H and O–H groups in total. The van der Waals surface area contributed by atoms with E-state index in [-0.39, 0.29) is 29.9 Å². The van der Waals surface area contributed by atoms with Crippen LogP contribution in [0.5, 0.6) is 5.75 Å². The minimum Gasteiger partial charge on any atom is -0.507 e. The second kappa shape index (κ2) is 7.64. The van der Waals surface area contributed by atoms with Crippen LogP contribution >= 0.6 is 0 Å². The molecule has 5 nitrogen and oxygen atoms in total. The summed E-state index contributed by atoms with van der Waals surface area (Å²) >= 11 is 0. The number of ether oxygens (including phenoxy) is 1. The van der Waals surface area contributed by atoms with Gasteiger partial charge in [-0.25, -0.2) is 4.79 Å². The number of amides is 1. The van der Waals surface area contributed by atoms with Crippen LogP contribution in [0.25, 0.3) is 0 Å². The zero-order chi connectivity index (χ0) is 17.7. The molecule has 0 aliphatic heterocycles. The normalized spacial score (nSPS) is 11.6. The van der Waals surface area contributed by atoms with Gasteiger partial charge in [-0.1, -0.05) is 42.0 Å². The van der Waals surface area contributed by atoms with Gasteiger partial charge in [0.05, 0.1) is 6.04 Å². The lowest BCUT2D eigenvalue weighted by Crippen LogP contribution is -2.33. The molecule has 126 valence electrons. The van der Waals surface area contributed by atoms with E-state index in [1.165, 1.54) is 17.0 Å². The Hall–Kier alpha value is -2.82. The average molecular weight is 327 g/mol. The van der Waals surface area contributed by atoms with Gasteiger partial charge in [-0.3, -0.25) is 4.79 Å². The molecule has 0 bridgehead atoms. The van der Waals surface area contributed by atoms with Crippen molar-refractivity contribution < 1.29 is 19.4 Å². The van der Waals surface area contributed by atoms with Crippen molar-refractivity contribution in [2.24, 2.45) is 0 Å². The molecule has 2 aromatic rings. The third-order valence-corrected chi connectivity index (χ3v) is 3.96. The Bertz CT molecular complexity index is 727. The summed E-state index contributed by atoms with van der Waals surface area (Å²) in [7, 11) is 1.66. The summed E-state index contributed by atoms with van der Waals surface area (Å²) in [6.45, 7) is 3.33. The molecule has 5 heteroatoms. The first-order valence-electron chi connectivity index (χ1n) is 7.67. The van der Waals surface area contributed by atoms with E-state index in [9.17, 15) is 14.7 Å². The highest BCUT2D eigenvalue weighted by atomic mass is 16.5. The van der Waals surface area contributed by atoms with E-state index in [0.717, 1.165) is 11.1 Å². The maximum atomic E-state index is 12.2. The van der Waals surface area contributed by atoms with Crippen LogP contribution in [0.4, 0.5) is 0 Å². The number of hydrogen-bond acceptors (Lipinski definition) is 4. The van der Waals surface area contributed by atoms with Crippen molar-refractivity contribution in [2.75, 3.05) is 13.7 Å². The van der Waals surface area contributed by atoms with Crippen molar-refractivity contribution in [1.82, 2.24) is 4.90 Å². The molecule has 0 spiro atoms. The highest BCUT2D eigenvalue weighted by molar-refractivity contribution is 5.94. The number of carbonyl (C=O) groups excluding carboxylic acids is 2. The lowest BCUT2D eigenvalue weighted by Gasteiger charge is -2.25. The molecule has 0 aromatic heterocycles. The van der Waals surface area contributed by atoms with Gasteiger partial charge in [0.15, 0.2) is 6.61 Å². The molecule has 0 fully saturated rings. The quantitative estimate of drug-likeness (QED) is 0.857. The topological polar surface area (TPSA) is 66.8 Å². The van der Waals surface area contributed by atoms with Gasteiger partial charge in [0.25, 0.3) is 5.91 Å². The molecule has 1 amide bonds. The number of phenolic OH excluding ortho intramolecular Hbond substituents is 1. The van der Waals surface area contributed by atoms with Crippen molar-refractivity contribution in [3.63, 3.8) is 0 Å². The molecule has 0 heterocycles. The van der Waals surface area contributed by atoms with Crippen LogP contribution in [0.2, 0.25) is 0 Å².